The van der Waals surface area contributed by atoms with E-state index in [1.165, 1.54) is 25.7 Å². The number of aliphatic carboxylic acids is 1. The molecular formula is C22H36O5S. The molecule has 28 heavy (non-hydrogen) atoms. The monoisotopic (exact) mass is 412 g/mol. The standard InChI is InChI=1S/C22H36O5S/c1-3-4-5-6-7-8-11-17-14-15-19(24)18(17)12-9-10-13-20(28-16(2)23)21(25)22(26)27/h8-11,16-18,20-21,23,25H,3-7,12-15H2,1-2H3,(H,26,27)/t16?,17-,18+,20?,21?/m0/s1. The van der Waals surface area contributed by atoms with Gasteiger partial charge >= 0.3 is 5.97 Å². The van der Waals surface area contributed by atoms with Crippen molar-refractivity contribution in [2.75, 3.05) is 0 Å². The molecule has 160 valence electrons. The highest BCUT2D eigenvalue weighted by Crippen LogP contribution is 2.33. The van der Waals surface area contributed by atoms with Crippen LogP contribution in [0.15, 0.2) is 24.3 Å². The van der Waals surface area contributed by atoms with Crippen molar-refractivity contribution >= 4 is 23.5 Å². The van der Waals surface area contributed by atoms with Gasteiger partial charge in [-0.1, -0.05) is 50.5 Å². The molecule has 1 rings (SSSR count). The van der Waals surface area contributed by atoms with E-state index in [1.54, 1.807) is 6.92 Å². The number of rotatable bonds is 14. The molecule has 0 aromatic rings. The molecule has 0 spiro atoms. The summed E-state index contributed by atoms with van der Waals surface area (Å²) in [4.78, 5) is 23.2. The second-order valence-corrected chi connectivity index (χ2v) is 9.11. The molecule has 5 atom stereocenters. The third-order valence-corrected chi connectivity index (χ3v) is 6.36. The maximum atomic E-state index is 12.2. The van der Waals surface area contributed by atoms with Gasteiger partial charge in [-0.25, -0.2) is 4.79 Å². The van der Waals surface area contributed by atoms with Crippen LogP contribution >= 0.6 is 11.8 Å². The fraction of sp³-hybridized carbons (Fsp3) is 0.727. The Labute approximate surface area is 173 Å². The van der Waals surface area contributed by atoms with E-state index in [4.69, 9.17) is 5.11 Å². The topological polar surface area (TPSA) is 94.8 Å². The van der Waals surface area contributed by atoms with Gasteiger partial charge in [-0.3, -0.25) is 4.79 Å². The first-order chi connectivity index (χ1) is 13.4. The maximum absolute atomic E-state index is 12.2. The van der Waals surface area contributed by atoms with E-state index >= 15 is 0 Å². The van der Waals surface area contributed by atoms with Crippen molar-refractivity contribution in [1.82, 2.24) is 0 Å². The average Bonchev–Trinajstić information content (AvgIpc) is 2.99. The molecule has 1 aliphatic rings. The van der Waals surface area contributed by atoms with Crippen molar-refractivity contribution in [2.45, 2.75) is 88.4 Å². The number of aliphatic hydroxyl groups excluding tert-OH is 2. The van der Waals surface area contributed by atoms with Gasteiger partial charge in [0, 0.05) is 17.6 Å². The molecule has 0 radical (unpaired) electrons. The number of thioether (sulfide) groups is 1. The maximum Gasteiger partial charge on any atom is 0.333 e. The van der Waals surface area contributed by atoms with Crippen molar-refractivity contribution < 1.29 is 24.9 Å². The summed E-state index contributed by atoms with van der Waals surface area (Å²) in [6.07, 6.45) is 15.2. The highest BCUT2D eigenvalue weighted by Gasteiger charge is 2.32. The van der Waals surface area contributed by atoms with Gasteiger partial charge < -0.3 is 15.3 Å². The Morgan fingerprint density at radius 2 is 1.96 bits per heavy atom. The fourth-order valence-corrected chi connectivity index (χ4v) is 4.57. The molecule has 0 aromatic carbocycles. The number of carbonyl (C=O) groups excluding carboxylic acids is 1. The molecule has 0 saturated heterocycles. The van der Waals surface area contributed by atoms with Crippen molar-refractivity contribution in [3.05, 3.63) is 24.3 Å². The van der Waals surface area contributed by atoms with Gasteiger partial charge in [-0.05, 0) is 44.9 Å². The second-order valence-electron chi connectivity index (χ2n) is 7.55. The summed E-state index contributed by atoms with van der Waals surface area (Å²) in [7, 11) is 0. The number of hydrogen-bond acceptors (Lipinski definition) is 5. The van der Waals surface area contributed by atoms with Crippen LogP contribution in [0.2, 0.25) is 0 Å². The third-order valence-electron chi connectivity index (χ3n) is 5.16. The lowest BCUT2D eigenvalue weighted by Gasteiger charge is -2.19. The molecule has 1 saturated carbocycles. The third kappa shape index (κ3) is 9.39. The zero-order valence-electron chi connectivity index (χ0n) is 17.1. The minimum atomic E-state index is -1.53. The number of Topliss-reactive ketones (excluding diaryl/α,β-unsaturated/α-hetero) is 1. The van der Waals surface area contributed by atoms with Crippen LogP contribution in [0.3, 0.4) is 0 Å². The average molecular weight is 413 g/mol. The molecule has 1 fully saturated rings. The Bertz CT molecular complexity index is 529. The summed E-state index contributed by atoms with van der Waals surface area (Å²) in [5.74, 6) is -0.710. The van der Waals surface area contributed by atoms with Crippen LogP contribution in [0.1, 0.15) is 71.6 Å². The van der Waals surface area contributed by atoms with Gasteiger partial charge in [-0.2, -0.15) is 0 Å². The molecule has 0 aliphatic heterocycles. The predicted molar refractivity (Wildman–Crippen MR) is 114 cm³/mol. The van der Waals surface area contributed by atoms with Crippen LogP contribution in [0.4, 0.5) is 0 Å². The Kier molecular flexibility index (Phi) is 12.4. The van der Waals surface area contributed by atoms with Crippen molar-refractivity contribution in [2.24, 2.45) is 11.8 Å². The minimum absolute atomic E-state index is 0.00425. The van der Waals surface area contributed by atoms with Crippen LogP contribution in [0, 0.1) is 11.8 Å². The highest BCUT2D eigenvalue weighted by atomic mass is 32.2. The normalized spacial score (nSPS) is 23.5. The number of hydrogen-bond donors (Lipinski definition) is 3. The number of unbranched alkanes of at least 4 members (excludes halogenated alkanes) is 4. The Morgan fingerprint density at radius 3 is 2.61 bits per heavy atom. The van der Waals surface area contributed by atoms with Gasteiger partial charge in [0.2, 0.25) is 0 Å². The van der Waals surface area contributed by atoms with Crippen molar-refractivity contribution in [1.29, 1.82) is 0 Å². The molecule has 3 unspecified atom stereocenters. The quantitative estimate of drug-likeness (QED) is 0.223. The van der Waals surface area contributed by atoms with Gasteiger partial charge in [0.15, 0.2) is 6.10 Å². The molecule has 0 amide bonds. The number of allylic oxidation sites excluding steroid dienone is 4. The number of carbonyl (C=O) groups is 2. The van der Waals surface area contributed by atoms with Crippen molar-refractivity contribution in [3.8, 4) is 0 Å². The summed E-state index contributed by atoms with van der Waals surface area (Å²) < 4.78 is 0. The van der Waals surface area contributed by atoms with E-state index in [-0.39, 0.29) is 11.8 Å². The van der Waals surface area contributed by atoms with E-state index in [0.717, 1.165) is 24.6 Å². The molecule has 3 N–H and O–H groups in total. The first-order valence-corrected chi connectivity index (χ1v) is 11.4. The first-order valence-electron chi connectivity index (χ1n) is 10.5. The molecule has 0 bridgehead atoms. The number of aliphatic hydroxyl groups is 2. The molecule has 0 heterocycles. The van der Waals surface area contributed by atoms with E-state index in [2.05, 4.69) is 19.1 Å². The van der Waals surface area contributed by atoms with Crippen LogP contribution in [0.25, 0.3) is 0 Å². The molecule has 6 heteroatoms. The van der Waals surface area contributed by atoms with E-state index in [9.17, 15) is 19.8 Å². The molecule has 1 aliphatic carbocycles. The number of carboxylic acid groups (broad SMARTS) is 1. The SMILES string of the molecule is CCCCCCC=C[C@H]1CCC(=O)[C@@H]1CC=CCC(SC(C)O)C(O)C(=O)O. The zero-order valence-corrected chi connectivity index (χ0v) is 17.9. The summed E-state index contributed by atoms with van der Waals surface area (Å²) >= 11 is 1.03. The summed E-state index contributed by atoms with van der Waals surface area (Å²) in [6.45, 7) is 3.75. The van der Waals surface area contributed by atoms with E-state index in [1.807, 2.05) is 12.2 Å². The Hall–Kier alpha value is -1.11. The lowest BCUT2D eigenvalue weighted by atomic mass is 9.91. The van der Waals surface area contributed by atoms with E-state index < -0.39 is 22.8 Å². The zero-order chi connectivity index (χ0) is 20.9. The largest absolute Gasteiger partial charge is 0.479 e. The summed E-state index contributed by atoms with van der Waals surface area (Å²) in [6, 6.07) is 0. The molecule has 0 aromatic heterocycles. The number of carboxylic acids is 1. The lowest BCUT2D eigenvalue weighted by Crippen LogP contribution is -2.32. The van der Waals surface area contributed by atoms with Crippen LogP contribution in [0.5, 0.6) is 0 Å². The van der Waals surface area contributed by atoms with Gasteiger partial charge in [0.1, 0.15) is 5.78 Å². The van der Waals surface area contributed by atoms with Crippen LogP contribution < -0.4 is 0 Å². The smallest absolute Gasteiger partial charge is 0.333 e. The second kappa shape index (κ2) is 14.0. The Morgan fingerprint density at radius 1 is 1.21 bits per heavy atom. The predicted octanol–water partition coefficient (Wildman–Crippen LogP) is 4.33. The minimum Gasteiger partial charge on any atom is -0.479 e. The van der Waals surface area contributed by atoms with Crippen LogP contribution in [-0.4, -0.2) is 43.9 Å². The summed E-state index contributed by atoms with van der Waals surface area (Å²) in [5, 5.41) is 27.6. The van der Waals surface area contributed by atoms with Crippen molar-refractivity contribution in [3.63, 3.8) is 0 Å². The fourth-order valence-electron chi connectivity index (χ4n) is 3.57. The van der Waals surface area contributed by atoms with Gasteiger partial charge in [0.25, 0.3) is 0 Å². The van der Waals surface area contributed by atoms with Gasteiger partial charge in [0.05, 0.1) is 5.44 Å². The lowest BCUT2D eigenvalue weighted by molar-refractivity contribution is -0.146. The van der Waals surface area contributed by atoms with Crippen LogP contribution in [-0.2, 0) is 9.59 Å². The first kappa shape index (κ1) is 24.9. The van der Waals surface area contributed by atoms with Gasteiger partial charge in [-0.15, -0.1) is 11.8 Å². The molecule has 5 nitrogen and oxygen atoms in total. The number of ketones is 1. The summed E-state index contributed by atoms with van der Waals surface area (Å²) in [5.41, 5.74) is -0.754. The highest BCUT2D eigenvalue weighted by molar-refractivity contribution is 8.00. The van der Waals surface area contributed by atoms with E-state index in [0.29, 0.717) is 25.0 Å². The Balaban J connectivity index is 2.51. The molecular weight excluding hydrogens is 376 g/mol.